The first-order valence-corrected chi connectivity index (χ1v) is 8.05. The summed E-state index contributed by atoms with van der Waals surface area (Å²) in [7, 11) is -0.372. The Morgan fingerprint density at radius 3 is 2.71 bits per heavy atom. The number of hydrogen-bond donors (Lipinski definition) is 1. The van der Waals surface area contributed by atoms with Crippen molar-refractivity contribution < 1.29 is 8.42 Å². The average Bonchev–Trinajstić information content (AvgIpc) is 2.97. The number of sulfonamides is 1. The van der Waals surface area contributed by atoms with Crippen molar-refractivity contribution in [3.05, 3.63) is 24.4 Å². The van der Waals surface area contributed by atoms with Gasteiger partial charge in [-0.25, -0.2) is 13.4 Å². The van der Waals surface area contributed by atoms with Gasteiger partial charge >= 0.3 is 0 Å². The van der Waals surface area contributed by atoms with Gasteiger partial charge in [0.15, 0.2) is 5.82 Å². The van der Waals surface area contributed by atoms with E-state index in [1.807, 2.05) is 14.0 Å². The molecule has 0 aliphatic carbocycles. The third-order valence-corrected chi connectivity index (χ3v) is 5.00. The predicted molar refractivity (Wildman–Crippen MR) is 78.8 cm³/mol. The average molecular weight is 312 g/mol. The summed E-state index contributed by atoms with van der Waals surface area (Å²) < 4.78 is 29.7. The van der Waals surface area contributed by atoms with E-state index in [0.717, 1.165) is 6.42 Å². The fourth-order valence-electron chi connectivity index (χ4n) is 1.96. The van der Waals surface area contributed by atoms with E-state index in [9.17, 15) is 8.42 Å². The summed E-state index contributed by atoms with van der Waals surface area (Å²) in [5, 5.41) is 4.03. The Bertz CT molecular complexity index is 718. The Kier molecular flexibility index (Phi) is 4.33. The maximum absolute atomic E-state index is 12.6. The van der Waals surface area contributed by atoms with Crippen molar-refractivity contribution in [2.24, 2.45) is 7.05 Å². The van der Waals surface area contributed by atoms with Crippen molar-refractivity contribution in [3.8, 4) is 0 Å². The zero-order chi connectivity index (χ0) is 15.6. The van der Waals surface area contributed by atoms with Crippen LogP contribution in [0.2, 0.25) is 0 Å². The zero-order valence-electron chi connectivity index (χ0n) is 12.4. The molecule has 0 radical (unpaired) electrons. The highest BCUT2D eigenvalue weighted by Crippen LogP contribution is 2.21. The molecule has 8 nitrogen and oxygen atoms in total. The van der Waals surface area contributed by atoms with E-state index in [1.54, 1.807) is 21.6 Å². The fourth-order valence-corrected chi connectivity index (χ4v) is 3.14. The van der Waals surface area contributed by atoms with E-state index >= 15 is 0 Å². The van der Waals surface area contributed by atoms with E-state index in [1.165, 1.54) is 17.5 Å². The highest BCUT2D eigenvalue weighted by atomic mass is 32.2. The van der Waals surface area contributed by atoms with Gasteiger partial charge in [-0.05, 0) is 6.42 Å². The number of aromatic nitrogens is 4. The number of aryl methyl sites for hydroxylation is 2. The molecule has 116 valence electrons. The maximum Gasteiger partial charge on any atom is 0.248 e. The van der Waals surface area contributed by atoms with Crippen molar-refractivity contribution in [2.45, 2.75) is 31.3 Å². The fraction of sp³-hybridized carbons (Fsp3) is 0.500. The van der Waals surface area contributed by atoms with Gasteiger partial charge in [-0.15, -0.1) is 0 Å². The lowest BCUT2D eigenvalue weighted by atomic mass is 10.5. The van der Waals surface area contributed by atoms with Gasteiger partial charge in [-0.3, -0.25) is 4.68 Å². The van der Waals surface area contributed by atoms with E-state index in [2.05, 4.69) is 10.1 Å². The number of hydrogen-bond acceptors (Lipinski definition) is 5. The van der Waals surface area contributed by atoms with Gasteiger partial charge < -0.3 is 10.3 Å². The minimum Gasteiger partial charge on any atom is -0.381 e. The first kappa shape index (κ1) is 15.5. The van der Waals surface area contributed by atoms with Crippen LogP contribution in [-0.4, -0.2) is 39.1 Å². The number of imidazole rings is 1. The number of anilines is 1. The van der Waals surface area contributed by atoms with Crippen LogP contribution in [0.15, 0.2) is 23.5 Å². The van der Waals surface area contributed by atoms with Crippen LogP contribution in [0, 0.1) is 0 Å². The summed E-state index contributed by atoms with van der Waals surface area (Å²) in [5.41, 5.74) is 5.74. The molecular formula is C12H20N6O2S. The molecule has 2 aromatic heterocycles. The number of nitrogen functional groups attached to an aromatic ring is 1. The third kappa shape index (κ3) is 3.08. The lowest BCUT2D eigenvalue weighted by molar-refractivity contribution is 0.451. The van der Waals surface area contributed by atoms with Crippen LogP contribution >= 0.6 is 0 Å². The van der Waals surface area contributed by atoms with Crippen LogP contribution in [0.4, 0.5) is 5.82 Å². The second-order valence-corrected chi connectivity index (χ2v) is 6.87. The molecule has 9 heteroatoms. The smallest absolute Gasteiger partial charge is 0.248 e. The normalized spacial score (nSPS) is 12.2. The van der Waals surface area contributed by atoms with Gasteiger partial charge in [0, 0.05) is 39.2 Å². The molecule has 0 amide bonds. The molecule has 0 fully saturated rings. The number of nitrogens with two attached hydrogens (primary N) is 1. The molecule has 0 atom stereocenters. The second-order valence-electron chi connectivity index (χ2n) is 4.86. The maximum atomic E-state index is 12.6. The number of nitrogens with zero attached hydrogens (tertiary/aromatic N) is 5. The molecule has 0 aliphatic rings. The molecule has 0 bridgehead atoms. The van der Waals surface area contributed by atoms with E-state index in [4.69, 9.17) is 5.73 Å². The highest BCUT2D eigenvalue weighted by Gasteiger charge is 2.27. The molecule has 0 aliphatic heterocycles. The number of rotatable bonds is 6. The predicted octanol–water partition coefficient (Wildman–Crippen LogP) is 0.429. The van der Waals surface area contributed by atoms with Gasteiger partial charge in [0.25, 0.3) is 0 Å². The summed E-state index contributed by atoms with van der Waals surface area (Å²) in [6, 6.07) is 0. The summed E-state index contributed by atoms with van der Waals surface area (Å²) in [6.07, 6.45) is 5.72. The molecular weight excluding hydrogens is 292 g/mol. The lowest BCUT2D eigenvalue weighted by Gasteiger charge is -2.16. The Morgan fingerprint density at radius 2 is 2.14 bits per heavy atom. The topological polar surface area (TPSA) is 99.0 Å². The molecule has 2 N–H and O–H groups in total. The molecule has 0 spiro atoms. The minimum absolute atomic E-state index is 0.0233. The zero-order valence-corrected chi connectivity index (χ0v) is 13.2. The molecule has 0 aromatic carbocycles. The van der Waals surface area contributed by atoms with Gasteiger partial charge in [-0.1, -0.05) is 6.92 Å². The Balaban J connectivity index is 2.26. The molecule has 2 aromatic rings. The Hall–Kier alpha value is -1.87. The highest BCUT2D eigenvalue weighted by molar-refractivity contribution is 7.89. The van der Waals surface area contributed by atoms with Crippen LogP contribution in [-0.2, 0) is 30.2 Å². The standard InChI is InChI=1S/C12H20N6O2S/c1-4-6-18-8-10(12(13)15-18)21(19,20)17(3)9-11-14-5-7-16(11)2/h5,7-8H,4,6,9H2,1-3H3,(H2,13,15). The largest absolute Gasteiger partial charge is 0.381 e. The van der Waals surface area contributed by atoms with Crippen molar-refractivity contribution in [2.75, 3.05) is 12.8 Å². The van der Waals surface area contributed by atoms with Crippen molar-refractivity contribution in [1.82, 2.24) is 23.6 Å². The molecule has 2 heterocycles. The second kappa shape index (κ2) is 5.86. The molecule has 2 rings (SSSR count). The van der Waals surface area contributed by atoms with Crippen molar-refractivity contribution in [3.63, 3.8) is 0 Å². The van der Waals surface area contributed by atoms with E-state index < -0.39 is 10.0 Å². The summed E-state index contributed by atoms with van der Waals surface area (Å²) >= 11 is 0. The summed E-state index contributed by atoms with van der Waals surface area (Å²) in [6.45, 7) is 2.78. The quantitative estimate of drug-likeness (QED) is 0.834. The lowest BCUT2D eigenvalue weighted by Crippen LogP contribution is -2.28. The first-order valence-electron chi connectivity index (χ1n) is 6.61. The first-order chi connectivity index (χ1) is 9.86. The van der Waals surface area contributed by atoms with Gasteiger partial charge in [0.05, 0.1) is 6.54 Å². The summed E-state index contributed by atoms with van der Waals surface area (Å²) in [5.74, 6) is 0.677. The molecule has 21 heavy (non-hydrogen) atoms. The van der Waals surface area contributed by atoms with Gasteiger partial charge in [-0.2, -0.15) is 9.40 Å². The monoisotopic (exact) mass is 312 g/mol. The molecule has 0 saturated carbocycles. The molecule has 0 unspecified atom stereocenters. The van der Waals surface area contributed by atoms with Gasteiger partial charge in [0.2, 0.25) is 10.0 Å². The van der Waals surface area contributed by atoms with Gasteiger partial charge in [0.1, 0.15) is 10.7 Å². The van der Waals surface area contributed by atoms with Crippen LogP contribution in [0.3, 0.4) is 0 Å². The van der Waals surface area contributed by atoms with Crippen LogP contribution in [0.5, 0.6) is 0 Å². The van der Waals surface area contributed by atoms with Crippen LogP contribution in [0.1, 0.15) is 19.2 Å². The Labute approximate surface area is 124 Å². The minimum atomic E-state index is -3.69. The van der Waals surface area contributed by atoms with Crippen LogP contribution < -0.4 is 5.73 Å². The third-order valence-electron chi connectivity index (χ3n) is 3.18. The van der Waals surface area contributed by atoms with Crippen LogP contribution in [0.25, 0.3) is 0 Å². The Morgan fingerprint density at radius 1 is 1.43 bits per heavy atom. The van der Waals surface area contributed by atoms with E-state index in [-0.39, 0.29) is 17.3 Å². The summed E-state index contributed by atoms with van der Waals surface area (Å²) in [4.78, 5) is 4.16. The van der Waals surface area contributed by atoms with Crippen molar-refractivity contribution in [1.29, 1.82) is 0 Å². The van der Waals surface area contributed by atoms with Crippen molar-refractivity contribution >= 4 is 15.8 Å². The van der Waals surface area contributed by atoms with E-state index in [0.29, 0.717) is 12.4 Å². The SMILES string of the molecule is CCCn1cc(S(=O)(=O)N(C)Cc2nccn2C)c(N)n1. The molecule has 0 saturated heterocycles.